The molecule has 4 aromatic heterocycles. The zero-order valence-corrected chi connectivity index (χ0v) is 14.9. The number of thiophene rings is 1. The number of ether oxygens (including phenoxy) is 1. The van der Waals surface area contributed by atoms with E-state index in [-0.39, 0.29) is 0 Å². The van der Waals surface area contributed by atoms with E-state index in [1.807, 2.05) is 28.3 Å². The third kappa shape index (κ3) is 2.47. The Bertz CT molecular complexity index is 1100. The molecule has 6 heterocycles. The first kappa shape index (κ1) is 15.1. The number of hydrogen-bond donors (Lipinski definition) is 3. The summed E-state index contributed by atoms with van der Waals surface area (Å²) in [5.74, 6) is 1.48. The van der Waals surface area contributed by atoms with Gasteiger partial charge in [0.15, 0.2) is 11.6 Å². The molecule has 0 saturated carbocycles. The maximum atomic E-state index is 5.23. The minimum atomic E-state index is 0.318. The van der Waals surface area contributed by atoms with E-state index < -0.39 is 0 Å². The molecule has 4 aromatic rings. The topological polar surface area (TPSA) is 109 Å². The van der Waals surface area contributed by atoms with Crippen LogP contribution in [0.25, 0.3) is 21.5 Å². The Morgan fingerprint density at radius 2 is 2.22 bits per heavy atom. The predicted octanol–water partition coefficient (Wildman–Crippen LogP) is 1.70. The van der Waals surface area contributed by atoms with Crippen molar-refractivity contribution in [3.63, 3.8) is 0 Å². The monoisotopic (exact) mass is 381 g/mol. The maximum Gasteiger partial charge on any atom is 0.190 e. The lowest BCUT2D eigenvalue weighted by molar-refractivity contribution is -0.0286. The van der Waals surface area contributed by atoms with Gasteiger partial charge in [0, 0.05) is 16.6 Å². The van der Waals surface area contributed by atoms with E-state index in [1.54, 1.807) is 17.5 Å². The number of rotatable bonds is 4. The minimum Gasteiger partial charge on any atom is -0.377 e. The molecule has 2 aliphatic heterocycles. The van der Waals surface area contributed by atoms with E-state index in [2.05, 4.69) is 37.3 Å². The van der Waals surface area contributed by atoms with Gasteiger partial charge in [0.2, 0.25) is 0 Å². The Kier molecular flexibility index (Phi) is 3.21. The Labute approximate surface area is 157 Å². The van der Waals surface area contributed by atoms with Gasteiger partial charge in [-0.2, -0.15) is 10.2 Å². The number of hydrazine groups is 2. The standard InChI is InChI=1S/C16H15N9OS/c1-11(27-14-4-18-21-12(1)14)6-25-16-15(22-23-25)17-3-13(20-16)9-2-19-24(5-9)10-7-26-8-10/h1-5,10,23H,6-8H2,(H,17,22)(H,18,21). The summed E-state index contributed by atoms with van der Waals surface area (Å²) in [5, 5.41) is 13.4. The van der Waals surface area contributed by atoms with Crippen LogP contribution < -0.4 is 16.0 Å². The average Bonchev–Trinajstić information content (AvgIpc) is 3.37. The zero-order chi connectivity index (χ0) is 17.8. The van der Waals surface area contributed by atoms with Crippen molar-refractivity contribution in [2.24, 2.45) is 0 Å². The van der Waals surface area contributed by atoms with Crippen molar-refractivity contribution in [2.75, 3.05) is 23.6 Å². The molecule has 0 atom stereocenters. The quantitative estimate of drug-likeness (QED) is 0.490. The van der Waals surface area contributed by atoms with Crippen molar-refractivity contribution in [2.45, 2.75) is 12.6 Å². The molecule has 1 saturated heterocycles. The molecule has 27 heavy (non-hydrogen) atoms. The van der Waals surface area contributed by atoms with Crippen LogP contribution >= 0.6 is 11.3 Å². The highest BCUT2D eigenvalue weighted by Crippen LogP contribution is 2.31. The van der Waals surface area contributed by atoms with Gasteiger partial charge in [0.1, 0.15) is 0 Å². The molecule has 0 unspecified atom stereocenters. The number of nitrogens with one attached hydrogen (secondary N) is 3. The van der Waals surface area contributed by atoms with E-state index in [4.69, 9.17) is 9.72 Å². The molecule has 0 spiro atoms. The van der Waals surface area contributed by atoms with Gasteiger partial charge in [0.25, 0.3) is 0 Å². The summed E-state index contributed by atoms with van der Waals surface area (Å²) in [6.45, 7) is 2.09. The fourth-order valence-electron chi connectivity index (χ4n) is 3.16. The fraction of sp³-hybridized carbons (Fsp3) is 0.250. The second-order valence-corrected chi connectivity index (χ2v) is 7.68. The first-order chi connectivity index (χ1) is 13.3. The number of aromatic amines is 1. The van der Waals surface area contributed by atoms with Crippen LogP contribution in [0.4, 0.5) is 11.6 Å². The van der Waals surface area contributed by atoms with Gasteiger partial charge >= 0.3 is 0 Å². The lowest BCUT2D eigenvalue weighted by Crippen LogP contribution is -2.35. The molecular formula is C16H15N9OS. The zero-order valence-electron chi connectivity index (χ0n) is 14.1. The molecule has 0 aliphatic carbocycles. The van der Waals surface area contributed by atoms with Crippen LogP contribution in [-0.2, 0) is 11.3 Å². The summed E-state index contributed by atoms with van der Waals surface area (Å²) in [7, 11) is 0. The van der Waals surface area contributed by atoms with E-state index in [9.17, 15) is 0 Å². The highest BCUT2D eigenvalue weighted by molar-refractivity contribution is 7.19. The van der Waals surface area contributed by atoms with Gasteiger partial charge in [-0.05, 0) is 6.07 Å². The first-order valence-electron chi connectivity index (χ1n) is 8.54. The summed E-state index contributed by atoms with van der Waals surface area (Å²) in [6, 6.07) is 2.42. The van der Waals surface area contributed by atoms with Crippen molar-refractivity contribution < 1.29 is 4.74 Å². The molecule has 10 nitrogen and oxygen atoms in total. The summed E-state index contributed by atoms with van der Waals surface area (Å²) < 4.78 is 8.31. The van der Waals surface area contributed by atoms with Crippen molar-refractivity contribution in [1.29, 1.82) is 0 Å². The molecule has 0 radical (unpaired) electrons. The molecule has 0 amide bonds. The highest BCUT2D eigenvalue weighted by atomic mass is 32.1. The fourth-order valence-corrected chi connectivity index (χ4v) is 4.14. The summed E-state index contributed by atoms with van der Waals surface area (Å²) in [5.41, 5.74) is 8.98. The van der Waals surface area contributed by atoms with E-state index >= 15 is 0 Å². The molecule has 136 valence electrons. The van der Waals surface area contributed by atoms with Crippen molar-refractivity contribution >= 4 is 33.2 Å². The highest BCUT2D eigenvalue weighted by Gasteiger charge is 2.25. The molecule has 6 rings (SSSR count). The van der Waals surface area contributed by atoms with Crippen LogP contribution in [0.2, 0.25) is 0 Å². The Morgan fingerprint density at radius 1 is 1.26 bits per heavy atom. The number of hydrogen-bond acceptors (Lipinski definition) is 9. The lowest BCUT2D eigenvalue weighted by Gasteiger charge is -2.25. The van der Waals surface area contributed by atoms with Gasteiger partial charge in [-0.25, -0.2) is 9.97 Å². The van der Waals surface area contributed by atoms with Crippen LogP contribution in [0.5, 0.6) is 0 Å². The van der Waals surface area contributed by atoms with Gasteiger partial charge in [-0.3, -0.25) is 20.2 Å². The number of H-pyrrole nitrogens is 1. The SMILES string of the molecule is c1nn(C2COC2)cc1-c1cnc2c(n1)N(Cc1cc3[nH]ncc3s1)NN2. The van der Waals surface area contributed by atoms with Crippen LogP contribution in [0, 0.1) is 0 Å². The van der Waals surface area contributed by atoms with E-state index in [0.717, 1.165) is 27.3 Å². The van der Waals surface area contributed by atoms with E-state index in [1.165, 1.54) is 4.88 Å². The van der Waals surface area contributed by atoms with E-state index in [0.29, 0.717) is 31.6 Å². The third-order valence-electron chi connectivity index (χ3n) is 4.70. The third-order valence-corrected chi connectivity index (χ3v) is 5.76. The molecular weight excluding hydrogens is 366 g/mol. The van der Waals surface area contributed by atoms with Crippen molar-refractivity contribution in [1.82, 2.24) is 35.5 Å². The van der Waals surface area contributed by atoms with Crippen molar-refractivity contribution in [3.8, 4) is 11.3 Å². The largest absolute Gasteiger partial charge is 0.377 e. The molecule has 11 heteroatoms. The lowest BCUT2D eigenvalue weighted by atomic mass is 10.2. The van der Waals surface area contributed by atoms with Crippen LogP contribution in [0.15, 0.2) is 30.9 Å². The van der Waals surface area contributed by atoms with Gasteiger partial charge in [0.05, 0.1) is 60.3 Å². The number of anilines is 2. The number of fused-ring (bicyclic) bond motifs is 2. The first-order valence-corrected chi connectivity index (χ1v) is 9.35. The smallest absolute Gasteiger partial charge is 0.190 e. The summed E-state index contributed by atoms with van der Waals surface area (Å²) in [4.78, 5) is 10.5. The second kappa shape index (κ2) is 5.74. The maximum absolute atomic E-state index is 5.23. The van der Waals surface area contributed by atoms with Crippen molar-refractivity contribution in [3.05, 3.63) is 35.7 Å². The molecule has 3 N–H and O–H groups in total. The average molecular weight is 381 g/mol. The normalized spacial score (nSPS) is 16.5. The van der Waals surface area contributed by atoms with Gasteiger partial charge in [-0.1, -0.05) is 0 Å². The summed E-state index contributed by atoms with van der Waals surface area (Å²) in [6.07, 6.45) is 7.42. The minimum absolute atomic E-state index is 0.318. The Morgan fingerprint density at radius 3 is 3.07 bits per heavy atom. The van der Waals surface area contributed by atoms with Crippen LogP contribution in [-0.4, -0.2) is 43.2 Å². The molecule has 1 fully saturated rings. The van der Waals surface area contributed by atoms with Gasteiger partial charge < -0.3 is 4.74 Å². The molecule has 0 bridgehead atoms. The van der Waals surface area contributed by atoms with Crippen LogP contribution in [0.3, 0.4) is 0 Å². The molecule has 2 aliphatic rings. The predicted molar refractivity (Wildman–Crippen MR) is 100 cm³/mol. The number of aromatic nitrogens is 6. The number of nitrogens with zero attached hydrogens (tertiary/aromatic N) is 6. The summed E-state index contributed by atoms with van der Waals surface area (Å²) >= 11 is 1.70. The Balaban J connectivity index is 1.29. The Hall–Kier alpha value is -3.02. The second-order valence-electron chi connectivity index (χ2n) is 6.51. The van der Waals surface area contributed by atoms with Gasteiger partial charge in [-0.15, -0.1) is 16.9 Å². The van der Waals surface area contributed by atoms with Crippen LogP contribution in [0.1, 0.15) is 10.9 Å². The molecule has 0 aromatic carbocycles.